The quantitative estimate of drug-likeness (QED) is 0.905. The van der Waals surface area contributed by atoms with Crippen LogP contribution in [0.3, 0.4) is 0 Å². The summed E-state index contributed by atoms with van der Waals surface area (Å²) in [6.45, 7) is 4.85. The fourth-order valence-electron chi connectivity index (χ4n) is 1.82. The highest BCUT2D eigenvalue weighted by molar-refractivity contribution is 6.30. The Balaban J connectivity index is 2.10. The number of rotatable bonds is 3. The van der Waals surface area contributed by atoms with E-state index < -0.39 is 0 Å². The van der Waals surface area contributed by atoms with E-state index in [0.717, 1.165) is 22.9 Å². The van der Waals surface area contributed by atoms with E-state index in [4.69, 9.17) is 11.6 Å². The summed E-state index contributed by atoms with van der Waals surface area (Å²) in [4.78, 5) is 0. The summed E-state index contributed by atoms with van der Waals surface area (Å²) >= 11 is 5.93. The zero-order valence-corrected chi connectivity index (χ0v) is 11.0. The third-order valence-corrected chi connectivity index (χ3v) is 3.02. The van der Waals surface area contributed by atoms with Crippen molar-refractivity contribution in [3.63, 3.8) is 0 Å². The highest BCUT2D eigenvalue weighted by Crippen LogP contribution is 2.18. The van der Waals surface area contributed by atoms with E-state index in [2.05, 4.69) is 23.4 Å². The van der Waals surface area contributed by atoms with Gasteiger partial charge in [-0.25, -0.2) is 0 Å². The Morgan fingerprint density at radius 2 is 2.12 bits per heavy atom. The SMILES string of the molecule is Cc1cc(Cl)ccc1CNc1cn(C)nc1C. The largest absolute Gasteiger partial charge is 0.378 e. The van der Waals surface area contributed by atoms with Crippen molar-refractivity contribution in [3.05, 3.63) is 46.2 Å². The molecular weight excluding hydrogens is 234 g/mol. The van der Waals surface area contributed by atoms with Crippen LogP contribution in [-0.2, 0) is 13.6 Å². The lowest BCUT2D eigenvalue weighted by Gasteiger charge is -2.08. The number of aromatic nitrogens is 2. The number of anilines is 1. The van der Waals surface area contributed by atoms with Gasteiger partial charge in [0.2, 0.25) is 0 Å². The first kappa shape index (κ1) is 12.0. The average molecular weight is 250 g/mol. The fraction of sp³-hybridized carbons (Fsp3) is 0.308. The van der Waals surface area contributed by atoms with Crippen molar-refractivity contribution in [2.75, 3.05) is 5.32 Å². The van der Waals surface area contributed by atoms with E-state index in [1.807, 2.05) is 37.0 Å². The number of nitrogens with one attached hydrogen (secondary N) is 1. The van der Waals surface area contributed by atoms with Crippen LogP contribution in [0.15, 0.2) is 24.4 Å². The van der Waals surface area contributed by atoms with Crippen LogP contribution in [0.1, 0.15) is 16.8 Å². The Hall–Kier alpha value is -1.48. The van der Waals surface area contributed by atoms with Crippen molar-refractivity contribution in [3.8, 4) is 0 Å². The minimum absolute atomic E-state index is 0.781. The van der Waals surface area contributed by atoms with E-state index in [0.29, 0.717) is 0 Å². The molecule has 0 aliphatic heterocycles. The molecule has 17 heavy (non-hydrogen) atoms. The zero-order valence-electron chi connectivity index (χ0n) is 10.3. The molecule has 0 aliphatic rings. The van der Waals surface area contributed by atoms with Gasteiger partial charge in [-0.2, -0.15) is 5.10 Å². The van der Waals surface area contributed by atoms with Gasteiger partial charge in [-0.15, -0.1) is 0 Å². The van der Waals surface area contributed by atoms with Gasteiger partial charge in [0.15, 0.2) is 0 Å². The first-order valence-corrected chi connectivity index (χ1v) is 5.93. The Kier molecular flexibility index (Phi) is 3.38. The first-order chi connectivity index (χ1) is 8.06. The Morgan fingerprint density at radius 1 is 1.35 bits per heavy atom. The molecule has 0 saturated carbocycles. The Bertz CT molecular complexity index is 531. The molecule has 2 rings (SSSR count). The molecule has 4 heteroatoms. The van der Waals surface area contributed by atoms with Crippen LogP contribution in [0.4, 0.5) is 5.69 Å². The summed E-state index contributed by atoms with van der Waals surface area (Å²) in [6.07, 6.45) is 1.99. The van der Waals surface area contributed by atoms with Gasteiger partial charge in [0, 0.05) is 24.8 Å². The number of nitrogens with zero attached hydrogens (tertiary/aromatic N) is 2. The van der Waals surface area contributed by atoms with Crippen LogP contribution in [0.25, 0.3) is 0 Å². The summed E-state index contributed by atoms with van der Waals surface area (Å²) in [5.41, 5.74) is 4.53. The maximum Gasteiger partial charge on any atom is 0.0825 e. The molecule has 0 radical (unpaired) electrons. The second-order valence-corrected chi connectivity index (χ2v) is 4.66. The van der Waals surface area contributed by atoms with Crippen LogP contribution < -0.4 is 5.32 Å². The van der Waals surface area contributed by atoms with Crippen LogP contribution >= 0.6 is 11.6 Å². The maximum atomic E-state index is 5.93. The molecule has 1 aromatic carbocycles. The van der Waals surface area contributed by atoms with Crippen LogP contribution in [0, 0.1) is 13.8 Å². The third kappa shape index (κ3) is 2.80. The molecule has 1 heterocycles. The van der Waals surface area contributed by atoms with E-state index in [1.165, 1.54) is 11.1 Å². The molecule has 0 amide bonds. The predicted octanol–water partition coefficient (Wildman–Crippen LogP) is 3.30. The summed E-state index contributed by atoms with van der Waals surface area (Å²) in [5, 5.41) is 8.46. The number of aryl methyl sites for hydroxylation is 3. The molecule has 1 N–H and O–H groups in total. The highest BCUT2D eigenvalue weighted by atomic mass is 35.5. The van der Waals surface area contributed by atoms with Crippen molar-refractivity contribution < 1.29 is 0 Å². The van der Waals surface area contributed by atoms with E-state index in [1.54, 1.807) is 0 Å². The third-order valence-electron chi connectivity index (χ3n) is 2.79. The molecule has 2 aromatic rings. The lowest BCUT2D eigenvalue weighted by atomic mass is 10.1. The minimum atomic E-state index is 0.781. The number of benzene rings is 1. The van der Waals surface area contributed by atoms with Gasteiger partial charge < -0.3 is 5.32 Å². The van der Waals surface area contributed by atoms with Gasteiger partial charge in [-0.1, -0.05) is 17.7 Å². The van der Waals surface area contributed by atoms with E-state index in [-0.39, 0.29) is 0 Å². The molecular formula is C13H16ClN3. The zero-order chi connectivity index (χ0) is 12.4. The standard InChI is InChI=1S/C13H16ClN3/c1-9-6-12(14)5-4-11(9)7-15-13-8-17(3)16-10(13)2/h4-6,8,15H,7H2,1-3H3. The Labute approximate surface area is 106 Å². The number of halogens is 1. The molecule has 3 nitrogen and oxygen atoms in total. The summed E-state index contributed by atoms with van der Waals surface area (Å²) in [5.74, 6) is 0. The van der Waals surface area contributed by atoms with Crippen molar-refractivity contribution >= 4 is 17.3 Å². The van der Waals surface area contributed by atoms with E-state index >= 15 is 0 Å². The molecule has 0 aliphatic carbocycles. The maximum absolute atomic E-state index is 5.93. The van der Waals surface area contributed by atoms with Crippen LogP contribution in [0.5, 0.6) is 0 Å². The molecule has 0 spiro atoms. The summed E-state index contributed by atoms with van der Waals surface area (Å²) < 4.78 is 1.81. The molecule has 1 aromatic heterocycles. The molecule has 0 fully saturated rings. The smallest absolute Gasteiger partial charge is 0.0825 e. The molecule has 0 bridgehead atoms. The fourth-order valence-corrected chi connectivity index (χ4v) is 2.05. The number of hydrogen-bond donors (Lipinski definition) is 1. The second kappa shape index (κ2) is 4.80. The van der Waals surface area contributed by atoms with Crippen molar-refractivity contribution in [1.29, 1.82) is 0 Å². The van der Waals surface area contributed by atoms with Gasteiger partial charge in [0.1, 0.15) is 0 Å². The lowest BCUT2D eigenvalue weighted by molar-refractivity contribution is 0.756. The normalized spacial score (nSPS) is 10.6. The summed E-state index contributed by atoms with van der Waals surface area (Å²) in [7, 11) is 1.92. The predicted molar refractivity (Wildman–Crippen MR) is 71.5 cm³/mol. The first-order valence-electron chi connectivity index (χ1n) is 5.55. The van der Waals surface area contributed by atoms with Gasteiger partial charge in [-0.05, 0) is 37.1 Å². The van der Waals surface area contributed by atoms with E-state index in [9.17, 15) is 0 Å². The monoisotopic (exact) mass is 249 g/mol. The average Bonchev–Trinajstić information content (AvgIpc) is 2.56. The van der Waals surface area contributed by atoms with Crippen molar-refractivity contribution in [2.24, 2.45) is 7.05 Å². The lowest BCUT2D eigenvalue weighted by Crippen LogP contribution is -2.01. The molecule has 90 valence electrons. The van der Waals surface area contributed by atoms with Gasteiger partial charge in [-0.3, -0.25) is 4.68 Å². The van der Waals surface area contributed by atoms with Gasteiger partial charge >= 0.3 is 0 Å². The van der Waals surface area contributed by atoms with Crippen molar-refractivity contribution in [1.82, 2.24) is 9.78 Å². The minimum Gasteiger partial charge on any atom is -0.378 e. The van der Waals surface area contributed by atoms with Crippen molar-refractivity contribution in [2.45, 2.75) is 20.4 Å². The highest BCUT2D eigenvalue weighted by Gasteiger charge is 2.03. The molecule has 0 unspecified atom stereocenters. The van der Waals surface area contributed by atoms with Crippen LogP contribution in [0.2, 0.25) is 5.02 Å². The molecule has 0 saturated heterocycles. The van der Waals surface area contributed by atoms with Gasteiger partial charge in [0.25, 0.3) is 0 Å². The topological polar surface area (TPSA) is 29.9 Å². The Morgan fingerprint density at radius 3 is 2.71 bits per heavy atom. The number of hydrogen-bond acceptors (Lipinski definition) is 2. The summed E-state index contributed by atoms with van der Waals surface area (Å²) in [6, 6.07) is 5.95. The molecule has 0 atom stereocenters. The van der Waals surface area contributed by atoms with Gasteiger partial charge in [0.05, 0.1) is 11.4 Å². The second-order valence-electron chi connectivity index (χ2n) is 4.23. The van der Waals surface area contributed by atoms with Crippen LogP contribution in [-0.4, -0.2) is 9.78 Å².